The molecule has 0 aliphatic carbocycles. The minimum absolute atomic E-state index is 0.156. The molecule has 1 atom stereocenters. The molecule has 110 valence electrons. The second-order valence-electron chi connectivity index (χ2n) is 4.51. The lowest BCUT2D eigenvalue weighted by Gasteiger charge is -2.07. The molecule has 0 amide bonds. The zero-order chi connectivity index (χ0) is 15.6. The van der Waals surface area contributed by atoms with Crippen LogP contribution >= 0.6 is 23.2 Å². The minimum Gasteiger partial charge on any atom is -0.478 e. The fourth-order valence-corrected chi connectivity index (χ4v) is 3.56. The minimum atomic E-state index is -1.38. The fraction of sp³-hybridized carbons (Fsp3) is 0.133. The smallest absolute Gasteiger partial charge is 0.335 e. The summed E-state index contributed by atoms with van der Waals surface area (Å²) in [5.41, 5.74) is 1.49. The van der Waals surface area contributed by atoms with Gasteiger partial charge in [0.15, 0.2) is 0 Å². The Morgan fingerprint density at radius 1 is 1.19 bits per heavy atom. The van der Waals surface area contributed by atoms with E-state index in [0.717, 1.165) is 0 Å². The van der Waals surface area contributed by atoms with Crippen LogP contribution in [0.1, 0.15) is 21.5 Å². The molecule has 0 heterocycles. The van der Waals surface area contributed by atoms with Crippen molar-refractivity contribution in [3.63, 3.8) is 0 Å². The molecule has 2 aromatic rings. The first kappa shape index (κ1) is 16.0. The number of halogens is 2. The molecule has 0 aromatic heterocycles. The van der Waals surface area contributed by atoms with Crippen molar-refractivity contribution in [2.75, 3.05) is 0 Å². The third-order valence-electron chi connectivity index (χ3n) is 3.00. The number of hydrogen-bond donors (Lipinski definition) is 1. The maximum atomic E-state index is 12.4. The molecule has 2 rings (SSSR count). The van der Waals surface area contributed by atoms with Gasteiger partial charge in [-0.25, -0.2) is 4.79 Å². The van der Waals surface area contributed by atoms with Crippen molar-refractivity contribution >= 4 is 40.0 Å². The van der Waals surface area contributed by atoms with Crippen LogP contribution in [0, 0.1) is 6.92 Å². The molecule has 0 saturated carbocycles. The van der Waals surface area contributed by atoms with Crippen molar-refractivity contribution in [2.24, 2.45) is 0 Å². The van der Waals surface area contributed by atoms with Crippen LogP contribution in [0.5, 0.6) is 0 Å². The Hall–Kier alpha value is -1.36. The van der Waals surface area contributed by atoms with Gasteiger partial charge in [-0.2, -0.15) is 0 Å². The molecule has 1 N–H and O–H groups in total. The van der Waals surface area contributed by atoms with E-state index in [-0.39, 0.29) is 11.3 Å². The molecule has 0 spiro atoms. The summed E-state index contributed by atoms with van der Waals surface area (Å²) in [5.74, 6) is -0.825. The van der Waals surface area contributed by atoms with Crippen molar-refractivity contribution in [1.82, 2.24) is 0 Å². The average Bonchev–Trinajstić information content (AvgIpc) is 2.42. The molecular weight excluding hydrogens is 331 g/mol. The van der Waals surface area contributed by atoms with E-state index in [1.807, 2.05) is 0 Å². The van der Waals surface area contributed by atoms with E-state index in [2.05, 4.69) is 0 Å². The zero-order valence-electron chi connectivity index (χ0n) is 11.1. The Kier molecular flexibility index (Phi) is 5.04. The first-order chi connectivity index (χ1) is 9.88. The SMILES string of the molecule is Cc1ccc(S(=O)Cc2ccc(Cl)cc2Cl)cc1C(=O)O. The van der Waals surface area contributed by atoms with E-state index in [9.17, 15) is 9.00 Å². The van der Waals surface area contributed by atoms with Crippen LogP contribution in [0.3, 0.4) is 0 Å². The molecule has 0 radical (unpaired) electrons. The highest BCUT2D eigenvalue weighted by atomic mass is 35.5. The Bertz CT molecular complexity index is 729. The largest absolute Gasteiger partial charge is 0.478 e. The summed E-state index contributed by atoms with van der Waals surface area (Å²) in [6.07, 6.45) is 0. The first-order valence-electron chi connectivity index (χ1n) is 6.04. The number of hydrogen-bond acceptors (Lipinski definition) is 2. The first-order valence-corrected chi connectivity index (χ1v) is 8.12. The Morgan fingerprint density at radius 2 is 1.90 bits per heavy atom. The summed E-state index contributed by atoms with van der Waals surface area (Å²) in [6, 6.07) is 9.75. The van der Waals surface area contributed by atoms with Gasteiger partial charge in [0.2, 0.25) is 0 Å². The molecule has 0 aliphatic rings. The van der Waals surface area contributed by atoms with Gasteiger partial charge in [-0.05, 0) is 42.3 Å². The second-order valence-corrected chi connectivity index (χ2v) is 6.80. The number of carbonyl (C=O) groups is 1. The molecule has 0 bridgehead atoms. The molecule has 3 nitrogen and oxygen atoms in total. The van der Waals surface area contributed by atoms with Crippen LogP contribution in [-0.4, -0.2) is 15.3 Å². The van der Waals surface area contributed by atoms with Gasteiger partial charge < -0.3 is 5.11 Å². The Balaban J connectivity index is 2.28. The summed E-state index contributed by atoms with van der Waals surface area (Å²) in [5, 5.41) is 10.1. The molecule has 6 heteroatoms. The van der Waals surface area contributed by atoms with Crippen molar-refractivity contribution in [2.45, 2.75) is 17.6 Å². The highest BCUT2D eigenvalue weighted by Gasteiger charge is 2.13. The van der Waals surface area contributed by atoms with Gasteiger partial charge in [0, 0.05) is 14.9 Å². The van der Waals surface area contributed by atoms with Gasteiger partial charge >= 0.3 is 5.97 Å². The van der Waals surface area contributed by atoms with Gasteiger partial charge in [-0.3, -0.25) is 4.21 Å². The summed E-state index contributed by atoms with van der Waals surface area (Å²) < 4.78 is 12.4. The summed E-state index contributed by atoms with van der Waals surface area (Å²) in [7, 11) is -1.38. The third-order valence-corrected chi connectivity index (χ3v) is 4.94. The van der Waals surface area contributed by atoms with Crippen LogP contribution in [0.15, 0.2) is 41.3 Å². The van der Waals surface area contributed by atoms with Gasteiger partial charge in [-0.1, -0.05) is 35.3 Å². The van der Waals surface area contributed by atoms with E-state index in [4.69, 9.17) is 28.3 Å². The Morgan fingerprint density at radius 3 is 2.52 bits per heavy atom. The number of benzene rings is 2. The van der Waals surface area contributed by atoms with Crippen molar-refractivity contribution in [1.29, 1.82) is 0 Å². The fourth-order valence-electron chi connectivity index (χ4n) is 1.84. The Labute approximate surface area is 135 Å². The lowest BCUT2D eigenvalue weighted by molar-refractivity contribution is 0.0696. The quantitative estimate of drug-likeness (QED) is 0.900. The van der Waals surface area contributed by atoms with Crippen molar-refractivity contribution in [3.8, 4) is 0 Å². The van der Waals surface area contributed by atoms with Crippen LogP contribution in [0.25, 0.3) is 0 Å². The zero-order valence-corrected chi connectivity index (χ0v) is 13.4. The van der Waals surface area contributed by atoms with E-state index >= 15 is 0 Å². The van der Waals surface area contributed by atoms with E-state index in [0.29, 0.717) is 26.1 Å². The van der Waals surface area contributed by atoms with Gasteiger partial charge in [0.05, 0.1) is 22.1 Å². The summed E-state index contributed by atoms with van der Waals surface area (Å²) in [4.78, 5) is 11.6. The average molecular weight is 343 g/mol. The predicted molar refractivity (Wildman–Crippen MR) is 84.7 cm³/mol. The standard InChI is InChI=1S/C15H12Cl2O3S/c1-9-2-5-12(7-13(9)15(18)19)21(20)8-10-3-4-11(16)6-14(10)17/h2-7H,8H2,1H3,(H,18,19). The molecule has 21 heavy (non-hydrogen) atoms. The van der Waals surface area contributed by atoms with Gasteiger partial charge in [0.25, 0.3) is 0 Å². The molecule has 2 aromatic carbocycles. The monoisotopic (exact) mass is 342 g/mol. The number of aromatic carboxylic acids is 1. The lowest BCUT2D eigenvalue weighted by atomic mass is 10.1. The van der Waals surface area contributed by atoms with Crippen molar-refractivity contribution in [3.05, 3.63) is 63.1 Å². The number of carboxylic acids is 1. The van der Waals surface area contributed by atoms with E-state index in [1.54, 1.807) is 37.3 Å². The predicted octanol–water partition coefficient (Wildman–Crippen LogP) is 4.31. The number of rotatable bonds is 4. The maximum Gasteiger partial charge on any atom is 0.335 e. The van der Waals surface area contributed by atoms with E-state index in [1.165, 1.54) is 6.07 Å². The molecule has 1 unspecified atom stereocenters. The van der Waals surface area contributed by atoms with Gasteiger partial charge in [-0.15, -0.1) is 0 Å². The molecular formula is C15H12Cl2O3S. The van der Waals surface area contributed by atoms with Crippen LogP contribution in [0.4, 0.5) is 0 Å². The highest BCUT2D eigenvalue weighted by Crippen LogP contribution is 2.24. The van der Waals surface area contributed by atoms with Crippen LogP contribution in [-0.2, 0) is 16.6 Å². The molecule has 0 fully saturated rings. The van der Waals surface area contributed by atoms with Crippen LogP contribution < -0.4 is 0 Å². The van der Waals surface area contributed by atoms with E-state index < -0.39 is 16.8 Å². The maximum absolute atomic E-state index is 12.4. The van der Waals surface area contributed by atoms with Gasteiger partial charge in [0.1, 0.15) is 0 Å². The van der Waals surface area contributed by atoms with Crippen LogP contribution in [0.2, 0.25) is 10.0 Å². The number of carboxylic acid groups (broad SMARTS) is 1. The lowest BCUT2D eigenvalue weighted by Crippen LogP contribution is -2.03. The second kappa shape index (κ2) is 6.60. The number of aryl methyl sites for hydroxylation is 1. The molecule has 0 saturated heterocycles. The van der Waals surface area contributed by atoms with Crippen molar-refractivity contribution < 1.29 is 14.1 Å². The normalized spacial score (nSPS) is 12.1. The molecule has 0 aliphatic heterocycles. The summed E-state index contributed by atoms with van der Waals surface area (Å²) >= 11 is 11.9. The third kappa shape index (κ3) is 3.84. The topological polar surface area (TPSA) is 54.4 Å². The summed E-state index contributed by atoms with van der Waals surface area (Å²) in [6.45, 7) is 1.70. The highest BCUT2D eigenvalue weighted by molar-refractivity contribution is 7.84.